The van der Waals surface area contributed by atoms with Crippen LogP contribution in [0.5, 0.6) is 5.75 Å². The van der Waals surface area contributed by atoms with Gasteiger partial charge in [0.1, 0.15) is 11.3 Å². The summed E-state index contributed by atoms with van der Waals surface area (Å²) in [6.45, 7) is 0.649. The van der Waals surface area contributed by atoms with E-state index in [1.807, 2.05) is 47.0 Å². The molecule has 0 unspecified atom stereocenters. The van der Waals surface area contributed by atoms with Gasteiger partial charge in [-0.1, -0.05) is 24.3 Å². The highest BCUT2D eigenvalue weighted by atomic mass is 16.5. The van der Waals surface area contributed by atoms with E-state index in [1.54, 1.807) is 31.4 Å². The molecule has 32 heavy (non-hydrogen) atoms. The molecule has 1 aliphatic heterocycles. The Morgan fingerprint density at radius 2 is 1.47 bits per heavy atom. The lowest BCUT2D eigenvalue weighted by atomic mass is 10.1. The maximum absolute atomic E-state index is 12.8. The number of hydrogen-bond acceptors (Lipinski definition) is 5. The zero-order chi connectivity index (χ0) is 21.8. The highest BCUT2D eigenvalue weighted by Gasteiger charge is 2.34. The summed E-state index contributed by atoms with van der Waals surface area (Å²) in [5.41, 5.74) is 4.90. The van der Waals surface area contributed by atoms with Crippen LogP contribution in [0.25, 0.3) is 33.1 Å². The maximum atomic E-state index is 12.8. The summed E-state index contributed by atoms with van der Waals surface area (Å²) < 4.78 is 7.44. The fourth-order valence-electron chi connectivity index (χ4n) is 4.41. The molecule has 2 amide bonds. The number of rotatable bonds is 4. The van der Waals surface area contributed by atoms with Crippen LogP contribution in [0.2, 0.25) is 0 Å². The van der Waals surface area contributed by atoms with Crippen LogP contribution in [-0.2, 0) is 6.54 Å². The van der Waals surface area contributed by atoms with Crippen LogP contribution in [0.4, 0.5) is 0 Å². The van der Waals surface area contributed by atoms with Gasteiger partial charge in [0.15, 0.2) is 5.65 Å². The van der Waals surface area contributed by atoms with Crippen LogP contribution >= 0.6 is 0 Å². The number of hydrogen-bond donors (Lipinski definition) is 0. The van der Waals surface area contributed by atoms with E-state index in [0.29, 0.717) is 23.3 Å². The number of methoxy groups -OCH3 is 1. The minimum Gasteiger partial charge on any atom is -0.497 e. The standard InChI is InChI=1S/C25H18N4O3/c1-32-15-10-11-21-18(14-15)22-23(27-20-9-5-4-8-19(20)26-22)28(21)12-13-29-24(30)16-6-2-3-7-17(16)25(29)31/h2-11,14H,12-13H2,1H3. The Hall–Kier alpha value is -4.26. The summed E-state index contributed by atoms with van der Waals surface area (Å²) in [6.07, 6.45) is 0. The van der Waals surface area contributed by atoms with Crippen LogP contribution in [0.1, 0.15) is 20.7 Å². The minimum atomic E-state index is -0.260. The molecule has 5 aromatic rings. The Bertz CT molecular complexity index is 1540. The quantitative estimate of drug-likeness (QED) is 0.409. The normalized spacial score (nSPS) is 13.5. The van der Waals surface area contributed by atoms with Crippen molar-refractivity contribution in [2.45, 2.75) is 6.54 Å². The summed E-state index contributed by atoms with van der Waals surface area (Å²) in [4.78, 5) is 36.6. The van der Waals surface area contributed by atoms with Crippen LogP contribution in [0.3, 0.4) is 0 Å². The predicted molar refractivity (Wildman–Crippen MR) is 121 cm³/mol. The van der Waals surface area contributed by atoms with E-state index in [0.717, 1.165) is 33.2 Å². The number of carbonyl (C=O) groups is 2. The van der Waals surface area contributed by atoms with Crippen molar-refractivity contribution in [2.75, 3.05) is 13.7 Å². The molecule has 0 atom stereocenters. The third-order valence-electron chi connectivity index (χ3n) is 5.98. The first-order valence-corrected chi connectivity index (χ1v) is 10.3. The van der Waals surface area contributed by atoms with Crippen molar-refractivity contribution in [3.8, 4) is 5.75 Å². The van der Waals surface area contributed by atoms with Gasteiger partial charge in [0.05, 0.1) is 34.8 Å². The van der Waals surface area contributed by atoms with Crippen LogP contribution in [0, 0.1) is 0 Å². The number of aromatic nitrogens is 3. The first kappa shape index (κ1) is 18.5. The Labute approximate surface area is 182 Å². The lowest BCUT2D eigenvalue weighted by Gasteiger charge is -2.15. The Morgan fingerprint density at radius 1 is 0.812 bits per heavy atom. The zero-order valence-electron chi connectivity index (χ0n) is 17.3. The molecule has 0 saturated carbocycles. The molecule has 7 nitrogen and oxygen atoms in total. The Balaban J connectivity index is 1.47. The fourth-order valence-corrected chi connectivity index (χ4v) is 4.41. The molecule has 156 valence electrons. The summed E-state index contributed by atoms with van der Waals surface area (Å²) in [6, 6.07) is 20.5. The van der Waals surface area contributed by atoms with Gasteiger partial charge in [0, 0.05) is 18.5 Å². The van der Waals surface area contributed by atoms with E-state index in [2.05, 4.69) is 0 Å². The predicted octanol–water partition coefficient (Wildman–Crippen LogP) is 4.04. The molecule has 3 heterocycles. The van der Waals surface area contributed by atoms with Crippen molar-refractivity contribution in [1.29, 1.82) is 0 Å². The van der Waals surface area contributed by atoms with Crippen molar-refractivity contribution >= 4 is 44.9 Å². The van der Waals surface area contributed by atoms with Gasteiger partial charge >= 0.3 is 0 Å². The molecule has 0 spiro atoms. The number of carbonyl (C=O) groups excluding carboxylic acids is 2. The number of para-hydroxylation sites is 2. The number of amides is 2. The molecule has 6 rings (SSSR count). The van der Waals surface area contributed by atoms with Crippen molar-refractivity contribution in [1.82, 2.24) is 19.4 Å². The molecule has 0 radical (unpaired) electrons. The average molecular weight is 422 g/mol. The molecule has 1 aliphatic rings. The van der Waals surface area contributed by atoms with Gasteiger partial charge in [-0.25, -0.2) is 9.97 Å². The number of fused-ring (bicyclic) bond motifs is 5. The zero-order valence-corrected chi connectivity index (χ0v) is 17.3. The number of ether oxygens (including phenoxy) is 1. The van der Waals surface area contributed by atoms with E-state index in [9.17, 15) is 9.59 Å². The van der Waals surface area contributed by atoms with E-state index in [-0.39, 0.29) is 18.4 Å². The van der Waals surface area contributed by atoms with E-state index in [1.165, 1.54) is 4.90 Å². The SMILES string of the molecule is COc1ccc2c(c1)c1nc3ccccc3nc1n2CCN1C(=O)c2ccccc2C1=O. The summed E-state index contributed by atoms with van der Waals surface area (Å²) >= 11 is 0. The molecule has 0 aliphatic carbocycles. The van der Waals surface area contributed by atoms with Gasteiger partial charge < -0.3 is 9.30 Å². The highest BCUT2D eigenvalue weighted by Crippen LogP contribution is 2.31. The van der Waals surface area contributed by atoms with Crippen molar-refractivity contribution in [3.05, 3.63) is 77.9 Å². The first-order chi connectivity index (χ1) is 15.7. The second kappa shape index (κ2) is 6.88. The summed E-state index contributed by atoms with van der Waals surface area (Å²) in [5.74, 6) is 0.209. The van der Waals surface area contributed by atoms with Crippen LogP contribution in [0.15, 0.2) is 66.7 Å². The lowest BCUT2D eigenvalue weighted by molar-refractivity contribution is 0.0650. The molecular formula is C25H18N4O3. The van der Waals surface area contributed by atoms with Gasteiger partial charge in [-0.3, -0.25) is 14.5 Å². The van der Waals surface area contributed by atoms with Gasteiger partial charge in [-0.05, 0) is 42.5 Å². The van der Waals surface area contributed by atoms with Crippen molar-refractivity contribution in [2.24, 2.45) is 0 Å². The fraction of sp³-hybridized carbons (Fsp3) is 0.120. The van der Waals surface area contributed by atoms with Crippen molar-refractivity contribution < 1.29 is 14.3 Å². The molecule has 0 bridgehead atoms. The topological polar surface area (TPSA) is 77.3 Å². The third kappa shape index (κ3) is 2.61. The summed E-state index contributed by atoms with van der Waals surface area (Å²) in [5, 5.41) is 0.917. The van der Waals surface area contributed by atoms with E-state index in [4.69, 9.17) is 14.7 Å². The van der Waals surface area contributed by atoms with Crippen molar-refractivity contribution in [3.63, 3.8) is 0 Å². The molecule has 7 heteroatoms. The number of benzene rings is 3. The number of imide groups is 1. The van der Waals surface area contributed by atoms with Gasteiger partial charge in [-0.2, -0.15) is 0 Å². The lowest BCUT2D eigenvalue weighted by Crippen LogP contribution is -2.32. The molecule has 3 aromatic carbocycles. The minimum absolute atomic E-state index is 0.242. The monoisotopic (exact) mass is 422 g/mol. The molecule has 0 fully saturated rings. The van der Waals surface area contributed by atoms with Gasteiger partial charge in [0.2, 0.25) is 0 Å². The molecule has 0 N–H and O–H groups in total. The second-order valence-electron chi connectivity index (χ2n) is 7.73. The van der Waals surface area contributed by atoms with Crippen LogP contribution < -0.4 is 4.74 Å². The largest absolute Gasteiger partial charge is 0.497 e. The molecular weight excluding hydrogens is 404 g/mol. The average Bonchev–Trinajstić information content (AvgIpc) is 3.26. The molecule has 2 aromatic heterocycles. The van der Waals surface area contributed by atoms with Gasteiger partial charge in [-0.15, -0.1) is 0 Å². The highest BCUT2D eigenvalue weighted by molar-refractivity contribution is 6.21. The molecule has 0 saturated heterocycles. The summed E-state index contributed by atoms with van der Waals surface area (Å²) in [7, 11) is 1.63. The number of nitrogens with zero attached hydrogens (tertiary/aromatic N) is 4. The van der Waals surface area contributed by atoms with E-state index < -0.39 is 0 Å². The third-order valence-corrected chi connectivity index (χ3v) is 5.98. The second-order valence-corrected chi connectivity index (χ2v) is 7.73. The Kier molecular flexibility index (Phi) is 3.98. The van der Waals surface area contributed by atoms with Crippen LogP contribution in [-0.4, -0.2) is 44.9 Å². The van der Waals surface area contributed by atoms with E-state index >= 15 is 0 Å². The smallest absolute Gasteiger partial charge is 0.261 e. The maximum Gasteiger partial charge on any atom is 0.261 e. The first-order valence-electron chi connectivity index (χ1n) is 10.3. The van der Waals surface area contributed by atoms with Gasteiger partial charge in [0.25, 0.3) is 11.8 Å². The Morgan fingerprint density at radius 3 is 2.16 bits per heavy atom.